The Hall–Kier alpha value is -1.35. The molecule has 0 atom stereocenters. The summed E-state index contributed by atoms with van der Waals surface area (Å²) in [6, 6.07) is 8.06. The van der Waals surface area contributed by atoms with E-state index >= 15 is 0 Å². The van der Waals surface area contributed by atoms with E-state index in [2.05, 4.69) is 38.8 Å². The van der Waals surface area contributed by atoms with E-state index in [9.17, 15) is 4.79 Å². The summed E-state index contributed by atoms with van der Waals surface area (Å²) in [5.41, 5.74) is 2.39. The fourth-order valence-electron chi connectivity index (χ4n) is 1.85. The van der Waals surface area contributed by atoms with Gasteiger partial charge in [0.15, 0.2) is 0 Å². The van der Waals surface area contributed by atoms with E-state index in [1.807, 2.05) is 18.2 Å². The minimum Gasteiger partial charge on any atom is -0.469 e. The maximum absolute atomic E-state index is 11.4. The van der Waals surface area contributed by atoms with Crippen molar-refractivity contribution in [2.45, 2.75) is 45.7 Å². The second-order valence-electron chi connectivity index (χ2n) is 5.54. The summed E-state index contributed by atoms with van der Waals surface area (Å²) < 4.78 is 4.75. The average molecular weight is 263 g/mol. The third-order valence-electron chi connectivity index (χ3n) is 3.99. The van der Waals surface area contributed by atoms with E-state index in [4.69, 9.17) is 4.74 Å². The number of hydrogen-bond donors (Lipinski definition) is 0. The zero-order chi connectivity index (χ0) is 14.5. The zero-order valence-corrected chi connectivity index (χ0v) is 12.7. The van der Waals surface area contributed by atoms with Gasteiger partial charge in [0.25, 0.3) is 0 Å². The van der Waals surface area contributed by atoms with Gasteiger partial charge in [-0.1, -0.05) is 31.2 Å². The molecule has 0 aliphatic rings. The monoisotopic (exact) mass is 263 g/mol. The van der Waals surface area contributed by atoms with Crippen molar-refractivity contribution in [1.29, 1.82) is 0 Å². The molecule has 0 spiro atoms. The first kappa shape index (κ1) is 15.7. The van der Waals surface area contributed by atoms with Crippen molar-refractivity contribution in [3.63, 3.8) is 0 Å². The summed E-state index contributed by atoms with van der Waals surface area (Å²) in [5, 5.41) is 0. The van der Waals surface area contributed by atoms with Crippen LogP contribution in [0.5, 0.6) is 0 Å². The summed E-state index contributed by atoms with van der Waals surface area (Å²) in [5.74, 6) is -0.190. The maximum Gasteiger partial charge on any atom is 0.309 e. The lowest BCUT2D eigenvalue weighted by atomic mass is 9.97. The second kappa shape index (κ2) is 6.71. The number of methoxy groups -OCH3 is 1. The second-order valence-corrected chi connectivity index (χ2v) is 5.54. The molecule has 0 unspecified atom stereocenters. The zero-order valence-electron chi connectivity index (χ0n) is 12.7. The van der Waals surface area contributed by atoms with Crippen LogP contribution < -0.4 is 0 Å². The molecule has 0 amide bonds. The van der Waals surface area contributed by atoms with Crippen molar-refractivity contribution in [2.75, 3.05) is 14.2 Å². The molecular formula is C16H25NO2. The van der Waals surface area contributed by atoms with Crippen LogP contribution in [0.1, 0.15) is 38.3 Å². The van der Waals surface area contributed by atoms with E-state index in [1.54, 1.807) is 0 Å². The van der Waals surface area contributed by atoms with Gasteiger partial charge in [0.2, 0.25) is 0 Å². The smallest absolute Gasteiger partial charge is 0.309 e. The summed E-state index contributed by atoms with van der Waals surface area (Å²) in [6.45, 7) is 7.50. The summed E-state index contributed by atoms with van der Waals surface area (Å²) in [7, 11) is 3.55. The summed E-state index contributed by atoms with van der Waals surface area (Å²) >= 11 is 0. The highest BCUT2D eigenvalue weighted by Crippen LogP contribution is 2.21. The average Bonchev–Trinajstić information content (AvgIpc) is 2.40. The van der Waals surface area contributed by atoms with E-state index in [1.165, 1.54) is 12.7 Å². The SMILES string of the molecule is CCC(C)(C)N(C)Cc1ccccc1CC(=O)OC. The van der Waals surface area contributed by atoms with Crippen molar-refractivity contribution in [1.82, 2.24) is 4.90 Å². The molecular weight excluding hydrogens is 238 g/mol. The number of rotatable bonds is 6. The lowest BCUT2D eigenvalue weighted by Gasteiger charge is -2.35. The lowest BCUT2D eigenvalue weighted by Crippen LogP contribution is -2.40. The molecule has 0 bridgehead atoms. The maximum atomic E-state index is 11.4. The van der Waals surface area contributed by atoms with Gasteiger partial charge >= 0.3 is 5.97 Å². The molecule has 0 radical (unpaired) electrons. The number of carbonyl (C=O) groups excluding carboxylic acids is 1. The molecule has 0 saturated carbocycles. The number of carbonyl (C=O) groups is 1. The van der Waals surface area contributed by atoms with Crippen LogP contribution in [0.4, 0.5) is 0 Å². The number of hydrogen-bond acceptors (Lipinski definition) is 3. The normalized spacial score (nSPS) is 11.7. The van der Waals surface area contributed by atoms with Crippen LogP contribution >= 0.6 is 0 Å². The molecule has 0 aliphatic heterocycles. The van der Waals surface area contributed by atoms with Gasteiger partial charge < -0.3 is 4.74 Å². The Morgan fingerprint density at radius 2 is 1.84 bits per heavy atom. The number of nitrogens with zero attached hydrogens (tertiary/aromatic N) is 1. The first-order valence-electron chi connectivity index (χ1n) is 6.75. The third-order valence-corrected chi connectivity index (χ3v) is 3.99. The van der Waals surface area contributed by atoms with E-state index in [-0.39, 0.29) is 11.5 Å². The molecule has 1 aromatic rings. The molecule has 0 fully saturated rings. The van der Waals surface area contributed by atoms with Gasteiger partial charge in [-0.15, -0.1) is 0 Å². The first-order valence-corrected chi connectivity index (χ1v) is 6.75. The van der Waals surface area contributed by atoms with Gasteiger partial charge in [-0.25, -0.2) is 0 Å². The number of ether oxygens (including phenoxy) is 1. The highest BCUT2D eigenvalue weighted by atomic mass is 16.5. The third kappa shape index (κ3) is 4.35. The van der Waals surface area contributed by atoms with Crippen LogP contribution in [0.15, 0.2) is 24.3 Å². The molecule has 3 heteroatoms. The van der Waals surface area contributed by atoms with Crippen LogP contribution in [0.25, 0.3) is 0 Å². The van der Waals surface area contributed by atoms with Crippen LogP contribution in [-0.2, 0) is 22.5 Å². The molecule has 1 rings (SSSR count). The van der Waals surface area contributed by atoms with Gasteiger partial charge in [0, 0.05) is 12.1 Å². The fraction of sp³-hybridized carbons (Fsp3) is 0.562. The molecule has 3 nitrogen and oxygen atoms in total. The summed E-state index contributed by atoms with van der Waals surface area (Å²) in [6.07, 6.45) is 1.43. The van der Waals surface area contributed by atoms with Crippen molar-refractivity contribution < 1.29 is 9.53 Å². The highest BCUT2D eigenvalue weighted by molar-refractivity contribution is 5.72. The fourth-order valence-corrected chi connectivity index (χ4v) is 1.85. The molecule has 19 heavy (non-hydrogen) atoms. The minimum absolute atomic E-state index is 0.151. The predicted octanol–water partition coefficient (Wildman–Crippen LogP) is 3.02. The van der Waals surface area contributed by atoms with Gasteiger partial charge in [0.05, 0.1) is 13.5 Å². The van der Waals surface area contributed by atoms with Gasteiger partial charge in [-0.3, -0.25) is 9.69 Å². The Morgan fingerprint density at radius 1 is 1.26 bits per heavy atom. The van der Waals surface area contributed by atoms with E-state index in [0.717, 1.165) is 18.5 Å². The molecule has 0 aliphatic carbocycles. The van der Waals surface area contributed by atoms with Gasteiger partial charge in [-0.2, -0.15) is 0 Å². The Morgan fingerprint density at radius 3 is 2.37 bits per heavy atom. The minimum atomic E-state index is -0.190. The topological polar surface area (TPSA) is 29.5 Å². The van der Waals surface area contributed by atoms with Crippen molar-refractivity contribution >= 4 is 5.97 Å². The van der Waals surface area contributed by atoms with Gasteiger partial charge in [-0.05, 0) is 38.4 Å². The summed E-state index contributed by atoms with van der Waals surface area (Å²) in [4.78, 5) is 13.8. The van der Waals surface area contributed by atoms with Crippen LogP contribution in [0.3, 0.4) is 0 Å². The highest BCUT2D eigenvalue weighted by Gasteiger charge is 2.21. The quantitative estimate of drug-likeness (QED) is 0.739. The molecule has 0 heterocycles. The standard InChI is InChI=1S/C16H25NO2/c1-6-16(2,3)17(4)12-14-10-8-7-9-13(14)11-15(18)19-5/h7-10H,6,11-12H2,1-5H3. The van der Waals surface area contributed by atoms with E-state index in [0.29, 0.717) is 6.42 Å². The molecule has 1 aromatic carbocycles. The number of benzene rings is 1. The van der Waals surface area contributed by atoms with Crippen molar-refractivity contribution in [2.24, 2.45) is 0 Å². The van der Waals surface area contributed by atoms with E-state index < -0.39 is 0 Å². The number of esters is 1. The molecule has 0 saturated heterocycles. The molecule has 0 aromatic heterocycles. The predicted molar refractivity (Wildman–Crippen MR) is 78.0 cm³/mol. The Kier molecular flexibility index (Phi) is 5.55. The van der Waals surface area contributed by atoms with Gasteiger partial charge in [0.1, 0.15) is 0 Å². The largest absolute Gasteiger partial charge is 0.469 e. The van der Waals surface area contributed by atoms with Crippen molar-refractivity contribution in [3.8, 4) is 0 Å². The van der Waals surface area contributed by atoms with Crippen molar-refractivity contribution in [3.05, 3.63) is 35.4 Å². The Balaban J connectivity index is 2.86. The van der Waals surface area contributed by atoms with Crippen LogP contribution in [-0.4, -0.2) is 30.6 Å². The molecule has 106 valence electrons. The lowest BCUT2D eigenvalue weighted by molar-refractivity contribution is -0.139. The Bertz CT molecular complexity index is 427. The van der Waals surface area contributed by atoms with Crippen LogP contribution in [0, 0.1) is 0 Å². The Labute approximate surface area is 116 Å². The first-order chi connectivity index (χ1) is 8.90. The molecule has 0 N–H and O–H groups in total. The van der Waals surface area contributed by atoms with Crippen LogP contribution in [0.2, 0.25) is 0 Å².